The van der Waals surface area contributed by atoms with Crippen LogP contribution in [0.25, 0.3) is 0 Å². The fraction of sp³-hybridized carbons (Fsp3) is 0.562. The number of hydrogen-bond donors (Lipinski definition) is 1. The molecule has 7 heteroatoms. The summed E-state index contributed by atoms with van der Waals surface area (Å²) in [4.78, 5) is 13.0. The van der Waals surface area contributed by atoms with Gasteiger partial charge in [-0.2, -0.15) is 13.2 Å². The number of benzene rings is 1. The fourth-order valence-corrected chi connectivity index (χ4v) is 3.02. The van der Waals surface area contributed by atoms with E-state index in [0.717, 1.165) is 18.9 Å². The van der Waals surface area contributed by atoms with Crippen molar-refractivity contribution in [1.82, 2.24) is 4.90 Å². The molecule has 1 fully saturated rings. The fourth-order valence-electron chi connectivity index (χ4n) is 3.02. The van der Waals surface area contributed by atoms with Crippen LogP contribution in [0.5, 0.6) is 5.75 Å². The van der Waals surface area contributed by atoms with E-state index in [1.165, 1.54) is 20.1 Å². The summed E-state index contributed by atoms with van der Waals surface area (Å²) in [5, 5.41) is 9.29. The van der Waals surface area contributed by atoms with Gasteiger partial charge in [0, 0.05) is 12.1 Å². The van der Waals surface area contributed by atoms with E-state index in [1.807, 2.05) is 0 Å². The highest BCUT2D eigenvalue weighted by Gasteiger charge is 2.34. The maximum absolute atomic E-state index is 13.1. The van der Waals surface area contributed by atoms with E-state index in [2.05, 4.69) is 0 Å². The second-order valence-electron chi connectivity index (χ2n) is 5.80. The van der Waals surface area contributed by atoms with E-state index in [4.69, 9.17) is 4.74 Å². The van der Waals surface area contributed by atoms with E-state index in [0.29, 0.717) is 24.3 Å². The number of carboxylic acid groups (broad SMARTS) is 1. The number of nitrogens with zero attached hydrogens (tertiary/aromatic N) is 1. The van der Waals surface area contributed by atoms with Gasteiger partial charge in [0.05, 0.1) is 12.7 Å². The normalized spacial score (nSPS) is 19.6. The zero-order chi connectivity index (χ0) is 17.2. The molecule has 2 rings (SSSR count). The second kappa shape index (κ2) is 6.78. The maximum atomic E-state index is 13.1. The lowest BCUT2D eigenvalue weighted by Crippen LogP contribution is -2.44. The number of halogens is 3. The van der Waals surface area contributed by atoms with Crippen LogP contribution in [0.4, 0.5) is 13.2 Å². The third-order valence-corrected chi connectivity index (χ3v) is 4.20. The molecule has 1 N–H and O–H groups in total. The molecule has 1 heterocycles. The minimum atomic E-state index is -4.45. The van der Waals surface area contributed by atoms with E-state index >= 15 is 0 Å². The maximum Gasteiger partial charge on any atom is 0.416 e. The summed E-state index contributed by atoms with van der Waals surface area (Å²) in [7, 11) is 1.40. The number of ether oxygens (including phenoxy) is 1. The molecule has 0 amide bonds. The molecule has 0 bridgehead atoms. The monoisotopic (exact) mass is 331 g/mol. The van der Waals surface area contributed by atoms with Crippen molar-refractivity contribution in [3.05, 3.63) is 28.8 Å². The van der Waals surface area contributed by atoms with Crippen LogP contribution < -0.4 is 4.74 Å². The Balaban J connectivity index is 2.35. The zero-order valence-electron chi connectivity index (χ0n) is 13.1. The Bertz CT molecular complexity index is 587. The van der Waals surface area contributed by atoms with Crippen molar-refractivity contribution in [2.45, 2.75) is 44.9 Å². The number of aryl methyl sites for hydroxylation is 1. The van der Waals surface area contributed by atoms with Crippen LogP contribution in [0, 0.1) is 6.92 Å². The Labute approximate surface area is 132 Å². The molecule has 1 aliphatic rings. The lowest BCUT2D eigenvalue weighted by Gasteiger charge is -2.33. The highest BCUT2D eigenvalue weighted by atomic mass is 19.4. The molecule has 1 atom stereocenters. The van der Waals surface area contributed by atoms with Crippen molar-refractivity contribution in [2.75, 3.05) is 13.7 Å². The van der Waals surface area contributed by atoms with Crippen LogP contribution in [-0.2, 0) is 17.5 Å². The molecule has 0 aromatic heterocycles. The molecule has 1 saturated heterocycles. The smallest absolute Gasteiger partial charge is 0.416 e. The average molecular weight is 331 g/mol. The first-order chi connectivity index (χ1) is 10.7. The van der Waals surface area contributed by atoms with E-state index in [-0.39, 0.29) is 12.1 Å². The number of rotatable bonds is 4. The van der Waals surface area contributed by atoms with Crippen LogP contribution >= 0.6 is 0 Å². The number of aliphatic carboxylic acids is 1. The highest BCUT2D eigenvalue weighted by molar-refractivity contribution is 5.73. The second-order valence-corrected chi connectivity index (χ2v) is 5.80. The molecule has 0 radical (unpaired) electrons. The van der Waals surface area contributed by atoms with Gasteiger partial charge in [-0.05, 0) is 44.0 Å². The summed E-state index contributed by atoms with van der Waals surface area (Å²) in [6.07, 6.45) is -2.29. The van der Waals surface area contributed by atoms with E-state index < -0.39 is 23.8 Å². The van der Waals surface area contributed by atoms with Gasteiger partial charge in [0.25, 0.3) is 0 Å². The van der Waals surface area contributed by atoms with Crippen molar-refractivity contribution >= 4 is 5.97 Å². The van der Waals surface area contributed by atoms with Gasteiger partial charge in [-0.15, -0.1) is 0 Å². The summed E-state index contributed by atoms with van der Waals surface area (Å²) < 4.78 is 44.5. The Morgan fingerprint density at radius 1 is 1.39 bits per heavy atom. The molecule has 23 heavy (non-hydrogen) atoms. The van der Waals surface area contributed by atoms with Crippen LogP contribution in [-0.4, -0.2) is 35.7 Å². The Morgan fingerprint density at radius 2 is 2.09 bits per heavy atom. The number of alkyl halides is 3. The lowest BCUT2D eigenvalue weighted by atomic mass is 9.99. The molecule has 0 unspecified atom stereocenters. The van der Waals surface area contributed by atoms with E-state index in [1.54, 1.807) is 4.90 Å². The third kappa shape index (κ3) is 3.96. The van der Waals surface area contributed by atoms with Gasteiger partial charge in [-0.3, -0.25) is 9.69 Å². The molecule has 4 nitrogen and oxygen atoms in total. The Morgan fingerprint density at radius 3 is 2.65 bits per heavy atom. The van der Waals surface area contributed by atoms with Gasteiger partial charge >= 0.3 is 12.1 Å². The number of carbonyl (C=O) groups is 1. The summed E-state index contributed by atoms with van der Waals surface area (Å²) in [6, 6.07) is 1.77. The summed E-state index contributed by atoms with van der Waals surface area (Å²) in [5.74, 6) is -0.586. The minimum absolute atomic E-state index is 0.0894. The highest BCUT2D eigenvalue weighted by Crippen LogP contribution is 2.36. The molecule has 128 valence electrons. The van der Waals surface area contributed by atoms with Gasteiger partial charge in [0.15, 0.2) is 0 Å². The standard InChI is InChI=1S/C16H20F3NO3/c1-10-7-14(23-2)11(8-12(10)16(17,18)19)9-20-6-4-3-5-13(20)15(21)22/h7-8,13H,3-6,9H2,1-2H3,(H,21,22)/t13-/m1/s1. The topological polar surface area (TPSA) is 49.8 Å². The first kappa shape index (κ1) is 17.6. The Kier molecular flexibility index (Phi) is 5.19. The summed E-state index contributed by atoms with van der Waals surface area (Å²) in [6.45, 7) is 2.06. The molecule has 1 aromatic carbocycles. The lowest BCUT2D eigenvalue weighted by molar-refractivity contribution is -0.145. The molecule has 1 aliphatic heterocycles. The third-order valence-electron chi connectivity index (χ3n) is 4.20. The van der Waals surface area contributed by atoms with Gasteiger partial charge in [0.2, 0.25) is 0 Å². The molecular weight excluding hydrogens is 311 g/mol. The average Bonchev–Trinajstić information content (AvgIpc) is 2.47. The molecular formula is C16H20F3NO3. The number of hydrogen-bond acceptors (Lipinski definition) is 3. The zero-order valence-corrected chi connectivity index (χ0v) is 13.1. The van der Waals surface area contributed by atoms with Crippen molar-refractivity contribution < 1.29 is 27.8 Å². The quantitative estimate of drug-likeness (QED) is 0.918. The van der Waals surface area contributed by atoms with Crippen LogP contribution in [0.15, 0.2) is 12.1 Å². The van der Waals surface area contributed by atoms with E-state index in [9.17, 15) is 23.1 Å². The first-order valence-corrected chi connectivity index (χ1v) is 7.45. The number of methoxy groups -OCH3 is 1. The van der Waals surface area contributed by atoms with Crippen LogP contribution in [0.1, 0.15) is 36.0 Å². The predicted molar refractivity (Wildman–Crippen MR) is 78.4 cm³/mol. The van der Waals surface area contributed by atoms with Gasteiger partial charge in [-0.25, -0.2) is 0 Å². The molecule has 0 spiro atoms. The number of piperidine rings is 1. The SMILES string of the molecule is COc1cc(C)c(C(F)(F)F)cc1CN1CCCC[C@@H]1C(=O)O. The van der Waals surface area contributed by atoms with Gasteiger partial charge in [-0.1, -0.05) is 6.42 Å². The Hall–Kier alpha value is -1.76. The summed E-state index contributed by atoms with van der Waals surface area (Å²) >= 11 is 0. The van der Waals surface area contributed by atoms with Crippen LogP contribution in [0.2, 0.25) is 0 Å². The van der Waals surface area contributed by atoms with Gasteiger partial charge in [0.1, 0.15) is 11.8 Å². The number of likely N-dealkylation sites (tertiary alicyclic amines) is 1. The summed E-state index contributed by atoms with van der Waals surface area (Å²) in [5.41, 5.74) is -0.262. The van der Waals surface area contributed by atoms with Crippen molar-refractivity contribution in [3.8, 4) is 5.75 Å². The molecule has 0 aliphatic carbocycles. The largest absolute Gasteiger partial charge is 0.496 e. The van der Waals surface area contributed by atoms with Gasteiger partial charge < -0.3 is 9.84 Å². The van der Waals surface area contributed by atoms with Crippen molar-refractivity contribution in [3.63, 3.8) is 0 Å². The van der Waals surface area contributed by atoms with Crippen molar-refractivity contribution in [2.24, 2.45) is 0 Å². The molecule has 0 saturated carbocycles. The minimum Gasteiger partial charge on any atom is -0.496 e. The van der Waals surface area contributed by atoms with Crippen LogP contribution in [0.3, 0.4) is 0 Å². The molecule has 1 aromatic rings. The first-order valence-electron chi connectivity index (χ1n) is 7.45. The number of carboxylic acids is 1. The predicted octanol–water partition coefficient (Wildman–Crippen LogP) is 3.46. The van der Waals surface area contributed by atoms with Crippen molar-refractivity contribution in [1.29, 1.82) is 0 Å².